The Balaban J connectivity index is 1.30. The quantitative estimate of drug-likeness (QED) is 0.230. The largest absolute Gasteiger partial charge is 0.380 e. The van der Waals surface area contributed by atoms with Crippen molar-refractivity contribution in [2.24, 2.45) is 0 Å². The molecule has 0 fully saturated rings. The summed E-state index contributed by atoms with van der Waals surface area (Å²) in [7, 11) is 0. The molecule has 2 nitrogen and oxygen atoms in total. The lowest BCUT2D eigenvalue weighted by atomic mass is 10.1. The Kier molecular flexibility index (Phi) is 9.06. The highest BCUT2D eigenvalue weighted by molar-refractivity contribution is 8.00. The van der Waals surface area contributed by atoms with Crippen molar-refractivity contribution in [3.8, 4) is 0 Å². The van der Waals surface area contributed by atoms with E-state index in [1.807, 2.05) is 47.0 Å². The fourth-order valence-corrected chi connectivity index (χ4v) is 7.71. The highest BCUT2D eigenvalue weighted by Gasteiger charge is 2.09. The Morgan fingerprint density at radius 1 is 0.382 bits per heavy atom. The minimum absolute atomic E-state index is 0.768. The van der Waals surface area contributed by atoms with Gasteiger partial charge in [-0.1, -0.05) is 48.5 Å². The van der Waals surface area contributed by atoms with E-state index in [9.17, 15) is 0 Å². The number of fused-ring (bicyclic) bond motifs is 14. The van der Waals surface area contributed by atoms with Gasteiger partial charge in [-0.25, -0.2) is 0 Å². The van der Waals surface area contributed by atoms with Crippen LogP contribution in [0.3, 0.4) is 0 Å². The van der Waals surface area contributed by atoms with Gasteiger partial charge in [0.1, 0.15) is 0 Å². The fraction of sp³-hybridized carbons (Fsp3) is 0.286. The van der Waals surface area contributed by atoms with Crippen LogP contribution in [-0.2, 0) is 9.47 Å². The first-order chi connectivity index (χ1) is 16.9. The molecule has 0 atom stereocenters. The fourth-order valence-electron chi connectivity index (χ4n) is 4.04. The summed E-state index contributed by atoms with van der Waals surface area (Å²) in [5.41, 5.74) is 0. The average Bonchev–Trinajstić information content (AvgIpc) is 2.88. The van der Waals surface area contributed by atoms with E-state index in [-0.39, 0.29) is 0 Å². The van der Waals surface area contributed by atoms with Gasteiger partial charge in [-0.15, -0.1) is 47.0 Å². The van der Waals surface area contributed by atoms with Gasteiger partial charge < -0.3 is 9.47 Å². The molecule has 0 aliphatic carbocycles. The molecule has 0 aromatic heterocycles. The van der Waals surface area contributed by atoms with Crippen molar-refractivity contribution in [2.75, 3.05) is 49.4 Å². The third kappa shape index (κ3) is 6.10. The van der Waals surface area contributed by atoms with E-state index in [1.165, 1.54) is 41.1 Å². The molecule has 0 radical (unpaired) electrons. The summed E-state index contributed by atoms with van der Waals surface area (Å²) in [4.78, 5) is 5.33. The normalized spacial score (nSPS) is 16.9. The van der Waals surface area contributed by atoms with E-state index in [0.717, 1.165) is 49.4 Å². The summed E-state index contributed by atoms with van der Waals surface area (Å²) in [5, 5.41) is 5.34. The van der Waals surface area contributed by atoms with Gasteiger partial charge in [0, 0.05) is 42.6 Å². The second-order valence-electron chi connectivity index (χ2n) is 7.83. The summed E-state index contributed by atoms with van der Waals surface area (Å²) in [5.74, 6) is 3.85. The monoisotopic (exact) mass is 524 g/mol. The van der Waals surface area contributed by atoms with E-state index in [1.54, 1.807) is 0 Å². The first-order valence-corrected chi connectivity index (χ1v) is 15.5. The highest BCUT2D eigenvalue weighted by Crippen LogP contribution is 2.36. The molecule has 0 amide bonds. The van der Waals surface area contributed by atoms with E-state index >= 15 is 0 Å². The van der Waals surface area contributed by atoms with Crippen LogP contribution in [0.5, 0.6) is 0 Å². The van der Waals surface area contributed by atoms with Crippen molar-refractivity contribution >= 4 is 68.6 Å². The zero-order valence-corrected chi connectivity index (χ0v) is 22.3. The van der Waals surface area contributed by atoms with Gasteiger partial charge in [-0.3, -0.25) is 0 Å². The lowest BCUT2D eigenvalue weighted by molar-refractivity contribution is 0.167. The highest BCUT2D eigenvalue weighted by atomic mass is 32.2. The van der Waals surface area contributed by atoms with Gasteiger partial charge in [0.15, 0.2) is 0 Å². The predicted molar refractivity (Wildman–Crippen MR) is 152 cm³/mol. The minimum atomic E-state index is 0.768. The molecule has 2 aliphatic rings. The third-order valence-corrected chi connectivity index (χ3v) is 9.78. The van der Waals surface area contributed by atoms with Crippen LogP contribution in [-0.4, -0.2) is 49.4 Å². The topological polar surface area (TPSA) is 18.5 Å². The van der Waals surface area contributed by atoms with E-state index in [2.05, 4.69) is 72.8 Å². The molecule has 34 heavy (non-hydrogen) atoms. The van der Waals surface area contributed by atoms with Crippen LogP contribution in [0.25, 0.3) is 21.5 Å². The standard InChI is InChI=1S/C28H28O2S4/c1-2-6-22-21(5-1)25-9-10-26(22)32-18-14-30-16-20-34-28-12-11-27(23-7-3-4-8-24(23)28)33-19-15-29-13-17-31-25/h1-12H,13-20H2. The van der Waals surface area contributed by atoms with Gasteiger partial charge in [0.25, 0.3) is 0 Å². The van der Waals surface area contributed by atoms with E-state index in [4.69, 9.17) is 9.47 Å². The molecule has 4 aromatic carbocycles. The minimum Gasteiger partial charge on any atom is -0.380 e. The van der Waals surface area contributed by atoms with Crippen LogP contribution in [0.2, 0.25) is 0 Å². The number of thioether (sulfide) groups is 4. The Morgan fingerprint density at radius 3 is 0.912 bits per heavy atom. The van der Waals surface area contributed by atoms with Crippen LogP contribution in [0.15, 0.2) is 92.4 Å². The molecule has 0 N–H and O–H groups in total. The van der Waals surface area contributed by atoms with Crippen LogP contribution in [0.4, 0.5) is 0 Å². The molecule has 6 heteroatoms. The lowest BCUT2D eigenvalue weighted by Gasteiger charge is -2.13. The zero-order valence-electron chi connectivity index (χ0n) is 19.0. The summed E-state index contributed by atoms with van der Waals surface area (Å²) >= 11 is 7.55. The van der Waals surface area contributed by atoms with Crippen molar-refractivity contribution in [3.63, 3.8) is 0 Å². The Morgan fingerprint density at radius 2 is 0.647 bits per heavy atom. The Labute approximate surface area is 218 Å². The van der Waals surface area contributed by atoms with Gasteiger partial charge >= 0.3 is 0 Å². The molecule has 6 rings (SSSR count). The first-order valence-electron chi connectivity index (χ1n) is 11.6. The molecule has 4 aromatic rings. The number of benzene rings is 4. The molecule has 0 saturated heterocycles. The molecule has 0 spiro atoms. The molecule has 4 bridgehead atoms. The average molecular weight is 525 g/mol. The van der Waals surface area contributed by atoms with Crippen LogP contribution in [0, 0.1) is 0 Å². The maximum atomic E-state index is 5.98. The molecule has 2 heterocycles. The van der Waals surface area contributed by atoms with E-state index < -0.39 is 0 Å². The van der Waals surface area contributed by atoms with Crippen LogP contribution < -0.4 is 0 Å². The summed E-state index contributed by atoms with van der Waals surface area (Å²) in [6.07, 6.45) is 0. The lowest BCUT2D eigenvalue weighted by Crippen LogP contribution is -2.02. The van der Waals surface area contributed by atoms with E-state index in [0.29, 0.717) is 0 Å². The van der Waals surface area contributed by atoms with Crippen LogP contribution >= 0.6 is 47.0 Å². The van der Waals surface area contributed by atoms with Crippen molar-refractivity contribution in [1.29, 1.82) is 0 Å². The van der Waals surface area contributed by atoms with Crippen molar-refractivity contribution in [3.05, 3.63) is 72.8 Å². The molecular formula is C28H28O2S4. The van der Waals surface area contributed by atoms with Gasteiger partial charge in [0.05, 0.1) is 26.4 Å². The van der Waals surface area contributed by atoms with Crippen molar-refractivity contribution in [1.82, 2.24) is 0 Å². The molecule has 2 aliphatic heterocycles. The van der Waals surface area contributed by atoms with Gasteiger partial charge in [-0.2, -0.15) is 0 Å². The maximum absolute atomic E-state index is 5.98. The van der Waals surface area contributed by atoms with Crippen molar-refractivity contribution in [2.45, 2.75) is 19.6 Å². The van der Waals surface area contributed by atoms with Crippen LogP contribution in [0.1, 0.15) is 0 Å². The summed E-state index contributed by atoms with van der Waals surface area (Å²) in [6.45, 7) is 3.07. The number of rotatable bonds is 0. The second kappa shape index (κ2) is 12.6. The SMILES string of the molecule is c1ccc2c3ccc(c2c1)SCCOCCSc1ccc(c2ccccc12)SCCOCCS3. The molecular weight excluding hydrogens is 497 g/mol. The second-order valence-corrected chi connectivity index (χ2v) is 12.4. The summed E-state index contributed by atoms with van der Waals surface area (Å²) < 4.78 is 12.0. The predicted octanol–water partition coefficient (Wildman–Crippen LogP) is 8.11. The van der Waals surface area contributed by atoms with Crippen molar-refractivity contribution < 1.29 is 9.47 Å². The number of hydrogen-bond donors (Lipinski definition) is 0. The Bertz CT molecular complexity index is 1050. The molecule has 0 saturated carbocycles. The first kappa shape index (κ1) is 24.4. The zero-order chi connectivity index (χ0) is 23.0. The smallest absolute Gasteiger partial charge is 0.0560 e. The number of ether oxygens (including phenoxy) is 2. The van der Waals surface area contributed by atoms with Gasteiger partial charge in [0.2, 0.25) is 0 Å². The maximum Gasteiger partial charge on any atom is 0.0560 e. The third-order valence-electron chi connectivity index (χ3n) is 5.63. The Hall–Kier alpha value is -1.28. The summed E-state index contributed by atoms with van der Waals surface area (Å²) in [6, 6.07) is 26.6. The molecule has 0 unspecified atom stereocenters. The van der Waals surface area contributed by atoms with Gasteiger partial charge in [-0.05, 0) is 45.8 Å². The number of hydrogen-bond acceptors (Lipinski definition) is 6. The molecule has 176 valence electrons.